The van der Waals surface area contributed by atoms with Crippen LogP contribution < -0.4 is 5.62 Å². The Hall–Kier alpha value is -7.05. The first-order valence-corrected chi connectivity index (χ1v) is 17.0. The number of aromatic amines is 1. The lowest BCUT2D eigenvalue weighted by molar-refractivity contribution is 1.05. The summed E-state index contributed by atoms with van der Waals surface area (Å²) in [4.78, 5) is 13.0. The Balaban J connectivity index is 1.19. The van der Waals surface area contributed by atoms with Gasteiger partial charge in [-0.15, -0.1) is 0 Å². The van der Waals surface area contributed by atoms with E-state index in [0.29, 0.717) is 11.2 Å². The number of aromatic nitrogens is 4. The highest BCUT2D eigenvalue weighted by Crippen LogP contribution is 2.42. The lowest BCUT2D eigenvalue weighted by atomic mass is 10.1. The average molecular weight is 655 g/mol. The SMILES string of the molecule is N=C(N=c1nc(-c2ccccc2)c2ccccc2[nH]1)c1cccc(-n2c3ccccc3c3ccc4c(c5ccccc5n4-c4ccccc4)c32)c1. The topological polar surface area (TPSA) is 74.8 Å². The zero-order valence-corrected chi connectivity index (χ0v) is 27.5. The van der Waals surface area contributed by atoms with Gasteiger partial charge in [0.15, 0.2) is 5.84 Å². The second kappa shape index (κ2) is 11.5. The van der Waals surface area contributed by atoms with E-state index in [1.165, 1.54) is 21.5 Å². The summed E-state index contributed by atoms with van der Waals surface area (Å²) < 4.78 is 4.70. The van der Waals surface area contributed by atoms with E-state index in [0.717, 1.165) is 55.6 Å². The van der Waals surface area contributed by atoms with Crippen LogP contribution in [0.3, 0.4) is 0 Å². The van der Waals surface area contributed by atoms with Crippen molar-refractivity contribution in [3.05, 3.63) is 181 Å². The number of fused-ring (bicyclic) bond motifs is 8. The zero-order valence-electron chi connectivity index (χ0n) is 27.5. The second-order valence-corrected chi connectivity index (χ2v) is 12.7. The molecule has 0 spiro atoms. The summed E-state index contributed by atoms with van der Waals surface area (Å²) in [5.74, 6) is 0.126. The molecule has 240 valence electrons. The van der Waals surface area contributed by atoms with Crippen LogP contribution in [0.2, 0.25) is 0 Å². The fraction of sp³-hybridized carbons (Fsp3) is 0. The molecule has 10 rings (SSSR count). The Bertz CT molecular complexity index is 3040. The van der Waals surface area contributed by atoms with Gasteiger partial charge in [0.2, 0.25) is 5.62 Å². The van der Waals surface area contributed by atoms with Gasteiger partial charge in [0.05, 0.1) is 33.3 Å². The monoisotopic (exact) mass is 654 g/mol. The Morgan fingerprint density at radius 3 is 1.98 bits per heavy atom. The van der Waals surface area contributed by atoms with Gasteiger partial charge in [-0.05, 0) is 48.5 Å². The van der Waals surface area contributed by atoms with E-state index in [2.05, 4.69) is 123 Å². The summed E-state index contributed by atoms with van der Waals surface area (Å²) in [6.45, 7) is 0. The molecule has 0 unspecified atom stereocenters. The Morgan fingerprint density at radius 2 is 1.18 bits per heavy atom. The number of amidine groups is 1. The molecule has 0 aliphatic carbocycles. The molecule has 0 aliphatic rings. The van der Waals surface area contributed by atoms with Crippen LogP contribution in [0.1, 0.15) is 5.56 Å². The number of para-hydroxylation sites is 4. The van der Waals surface area contributed by atoms with Gasteiger partial charge >= 0.3 is 0 Å². The predicted molar refractivity (Wildman–Crippen MR) is 209 cm³/mol. The van der Waals surface area contributed by atoms with Crippen molar-refractivity contribution >= 4 is 60.4 Å². The lowest BCUT2D eigenvalue weighted by Crippen LogP contribution is -2.17. The third kappa shape index (κ3) is 4.61. The molecule has 0 saturated carbocycles. The van der Waals surface area contributed by atoms with E-state index < -0.39 is 0 Å². The van der Waals surface area contributed by atoms with E-state index >= 15 is 0 Å². The molecule has 0 fully saturated rings. The molecule has 0 saturated heterocycles. The van der Waals surface area contributed by atoms with Crippen molar-refractivity contribution in [2.24, 2.45) is 4.99 Å². The van der Waals surface area contributed by atoms with Gasteiger partial charge in [0.1, 0.15) is 0 Å². The maximum absolute atomic E-state index is 9.20. The van der Waals surface area contributed by atoms with Crippen molar-refractivity contribution < 1.29 is 0 Å². The molecule has 0 radical (unpaired) electrons. The molecule has 0 atom stereocenters. The predicted octanol–water partition coefficient (Wildman–Crippen LogP) is 10.4. The maximum Gasteiger partial charge on any atom is 0.229 e. The largest absolute Gasteiger partial charge is 0.323 e. The van der Waals surface area contributed by atoms with Crippen molar-refractivity contribution in [1.82, 2.24) is 19.1 Å². The zero-order chi connectivity index (χ0) is 33.9. The van der Waals surface area contributed by atoms with Crippen molar-refractivity contribution in [2.75, 3.05) is 0 Å². The lowest BCUT2D eigenvalue weighted by Gasteiger charge is -2.11. The van der Waals surface area contributed by atoms with Gasteiger partial charge in [-0.3, -0.25) is 5.41 Å². The van der Waals surface area contributed by atoms with E-state index in [-0.39, 0.29) is 5.84 Å². The normalized spacial score (nSPS) is 12.1. The molecule has 2 N–H and O–H groups in total. The average Bonchev–Trinajstić information content (AvgIpc) is 3.71. The summed E-state index contributed by atoms with van der Waals surface area (Å²) >= 11 is 0. The van der Waals surface area contributed by atoms with E-state index in [1.54, 1.807) is 0 Å². The minimum Gasteiger partial charge on any atom is -0.323 e. The molecule has 0 amide bonds. The van der Waals surface area contributed by atoms with Crippen molar-refractivity contribution in [2.45, 2.75) is 0 Å². The summed E-state index contributed by atoms with van der Waals surface area (Å²) in [7, 11) is 0. The molecular weight excluding hydrogens is 625 g/mol. The number of nitrogens with one attached hydrogen (secondary N) is 2. The molecule has 7 aromatic carbocycles. The first-order chi connectivity index (χ1) is 25.2. The van der Waals surface area contributed by atoms with Gasteiger partial charge in [-0.2, -0.15) is 4.99 Å². The van der Waals surface area contributed by atoms with Crippen molar-refractivity contribution in [1.29, 1.82) is 5.41 Å². The van der Waals surface area contributed by atoms with E-state index in [4.69, 9.17) is 9.98 Å². The van der Waals surface area contributed by atoms with Gasteiger partial charge in [-0.25, -0.2) is 4.98 Å². The summed E-state index contributed by atoms with van der Waals surface area (Å²) in [6, 6.07) is 58.6. The maximum atomic E-state index is 9.20. The van der Waals surface area contributed by atoms with Crippen molar-refractivity contribution in [3.8, 4) is 22.6 Å². The van der Waals surface area contributed by atoms with Crippen LogP contribution in [-0.4, -0.2) is 24.9 Å². The smallest absolute Gasteiger partial charge is 0.229 e. The molecule has 3 heterocycles. The van der Waals surface area contributed by atoms with Crippen LogP contribution in [0.4, 0.5) is 0 Å². The Labute approximate surface area is 292 Å². The second-order valence-electron chi connectivity index (χ2n) is 12.7. The number of rotatable bonds is 4. The van der Waals surface area contributed by atoms with Crippen LogP contribution in [0.15, 0.2) is 175 Å². The molecule has 0 bridgehead atoms. The number of hydrogen-bond acceptors (Lipinski definition) is 2. The standard InChI is InChI=1S/C45H30N6/c46-44(49-45-47-37-23-10-7-21-35(37)42(48-45)29-14-3-1-4-15-29)30-16-13-19-32(28-30)51-38-24-11-8-20-33(38)34-26-27-40-41(43(34)51)36-22-9-12-25-39(36)50(40)31-17-5-2-6-18-31/h1-28H,(H2,46,47,48,49). The highest BCUT2D eigenvalue weighted by atomic mass is 15.0. The van der Waals surface area contributed by atoms with Crippen LogP contribution in [0.25, 0.3) is 77.1 Å². The van der Waals surface area contributed by atoms with Gasteiger partial charge in [0, 0.05) is 49.4 Å². The summed E-state index contributed by atoms with van der Waals surface area (Å²) in [5.41, 5.74) is 10.4. The van der Waals surface area contributed by atoms with Gasteiger partial charge in [-0.1, -0.05) is 121 Å². The van der Waals surface area contributed by atoms with Crippen LogP contribution in [-0.2, 0) is 0 Å². The molecule has 10 aromatic rings. The van der Waals surface area contributed by atoms with Gasteiger partial charge in [0.25, 0.3) is 0 Å². The summed E-state index contributed by atoms with van der Waals surface area (Å²) in [5, 5.41) is 14.9. The van der Waals surface area contributed by atoms with Crippen LogP contribution >= 0.6 is 0 Å². The highest BCUT2D eigenvalue weighted by molar-refractivity contribution is 6.26. The Morgan fingerprint density at radius 1 is 0.529 bits per heavy atom. The van der Waals surface area contributed by atoms with Gasteiger partial charge < -0.3 is 14.1 Å². The minimum absolute atomic E-state index is 0.126. The first-order valence-electron chi connectivity index (χ1n) is 17.0. The van der Waals surface area contributed by atoms with Crippen molar-refractivity contribution in [3.63, 3.8) is 0 Å². The Kier molecular flexibility index (Phi) is 6.54. The first kappa shape index (κ1) is 28.9. The molecule has 3 aromatic heterocycles. The number of hydrogen-bond donors (Lipinski definition) is 2. The third-order valence-electron chi connectivity index (χ3n) is 9.77. The minimum atomic E-state index is 0.126. The van der Waals surface area contributed by atoms with Crippen LogP contribution in [0.5, 0.6) is 0 Å². The number of nitrogens with zero attached hydrogens (tertiary/aromatic N) is 4. The molecule has 51 heavy (non-hydrogen) atoms. The fourth-order valence-corrected chi connectivity index (χ4v) is 7.58. The molecule has 0 aliphatic heterocycles. The quantitative estimate of drug-likeness (QED) is 0.144. The third-order valence-corrected chi connectivity index (χ3v) is 9.77. The van der Waals surface area contributed by atoms with Crippen LogP contribution in [0, 0.1) is 5.41 Å². The molecule has 6 heteroatoms. The molecular formula is C45H30N6. The summed E-state index contributed by atoms with van der Waals surface area (Å²) in [6.07, 6.45) is 0. The number of H-pyrrole nitrogens is 1. The highest BCUT2D eigenvalue weighted by Gasteiger charge is 2.21. The van der Waals surface area contributed by atoms with E-state index in [1.807, 2.05) is 60.7 Å². The van der Waals surface area contributed by atoms with E-state index in [9.17, 15) is 5.41 Å². The fourth-order valence-electron chi connectivity index (χ4n) is 7.58. The number of benzene rings is 7. The molecule has 6 nitrogen and oxygen atoms in total.